The summed E-state index contributed by atoms with van der Waals surface area (Å²) in [6.07, 6.45) is 4.49. The van der Waals surface area contributed by atoms with Crippen molar-refractivity contribution in [3.63, 3.8) is 0 Å². The average Bonchev–Trinajstić information content (AvgIpc) is 3.54. The van der Waals surface area contributed by atoms with Gasteiger partial charge in [-0.15, -0.1) is 0 Å². The van der Waals surface area contributed by atoms with Crippen molar-refractivity contribution in [1.29, 1.82) is 0 Å². The lowest BCUT2D eigenvalue weighted by Gasteiger charge is -2.33. The number of nitrogens with zero attached hydrogens (tertiary/aromatic N) is 2. The molecular weight excluding hydrogens is 336 g/mol. The number of rotatable bonds is 7. The van der Waals surface area contributed by atoms with Gasteiger partial charge in [0.05, 0.1) is 17.6 Å². The van der Waals surface area contributed by atoms with E-state index in [2.05, 4.69) is 15.5 Å². The van der Waals surface area contributed by atoms with E-state index in [4.69, 9.17) is 4.74 Å². The Kier molecular flexibility index (Phi) is 4.78. The first-order valence-corrected chi connectivity index (χ1v) is 9.29. The number of carbonyl (C=O) groups is 1. The molecular formula is C18H24N4O4. The molecule has 1 amide bonds. The number of nitro benzene ring substituents is 1. The summed E-state index contributed by atoms with van der Waals surface area (Å²) >= 11 is 0. The zero-order valence-corrected chi connectivity index (χ0v) is 14.6. The standard InChI is InChI=1S/C18H24N4O4/c23-18(20-13-2-3-13)12-1-6-16(17(9-12)22(24)25)19-10-15-11-21(7-8-26-15)14-4-5-14/h1,6,9,13-15,19H,2-5,7-8,10-11H2,(H,20,23). The van der Waals surface area contributed by atoms with Crippen LogP contribution in [-0.2, 0) is 4.74 Å². The van der Waals surface area contributed by atoms with Crippen LogP contribution in [0.25, 0.3) is 0 Å². The van der Waals surface area contributed by atoms with Gasteiger partial charge in [-0.3, -0.25) is 19.8 Å². The molecule has 0 bridgehead atoms. The van der Waals surface area contributed by atoms with Crippen molar-refractivity contribution in [3.8, 4) is 0 Å². The highest BCUT2D eigenvalue weighted by atomic mass is 16.6. The van der Waals surface area contributed by atoms with E-state index in [9.17, 15) is 14.9 Å². The van der Waals surface area contributed by atoms with Crippen molar-refractivity contribution >= 4 is 17.3 Å². The normalized spacial score (nSPS) is 23.5. The number of nitrogens with one attached hydrogen (secondary N) is 2. The lowest BCUT2D eigenvalue weighted by molar-refractivity contribution is -0.384. The summed E-state index contributed by atoms with van der Waals surface area (Å²) in [6.45, 7) is 3.03. The number of amides is 1. The molecule has 26 heavy (non-hydrogen) atoms. The topological polar surface area (TPSA) is 96.7 Å². The van der Waals surface area contributed by atoms with E-state index in [0.717, 1.165) is 25.9 Å². The number of anilines is 1. The Morgan fingerprint density at radius 2 is 2.12 bits per heavy atom. The second-order valence-corrected chi connectivity index (χ2v) is 7.34. The maximum atomic E-state index is 12.1. The summed E-state index contributed by atoms with van der Waals surface area (Å²) in [7, 11) is 0. The maximum Gasteiger partial charge on any atom is 0.293 e. The van der Waals surface area contributed by atoms with Crippen LogP contribution in [-0.4, -0.2) is 60.2 Å². The summed E-state index contributed by atoms with van der Waals surface area (Å²) in [5.41, 5.74) is 0.663. The van der Waals surface area contributed by atoms with E-state index in [1.165, 1.54) is 18.9 Å². The van der Waals surface area contributed by atoms with Crippen molar-refractivity contribution in [1.82, 2.24) is 10.2 Å². The second-order valence-electron chi connectivity index (χ2n) is 7.34. The minimum atomic E-state index is -0.450. The van der Waals surface area contributed by atoms with Crippen LogP contribution in [0.3, 0.4) is 0 Å². The molecule has 8 nitrogen and oxygen atoms in total. The molecule has 1 unspecified atom stereocenters. The van der Waals surface area contributed by atoms with Crippen molar-refractivity contribution in [2.45, 2.75) is 43.9 Å². The predicted octanol–water partition coefficient (Wildman–Crippen LogP) is 1.76. The monoisotopic (exact) mass is 360 g/mol. The Morgan fingerprint density at radius 1 is 1.31 bits per heavy atom. The molecule has 3 fully saturated rings. The third kappa shape index (κ3) is 4.13. The number of ether oxygens (including phenoxy) is 1. The molecule has 0 spiro atoms. The van der Waals surface area contributed by atoms with Crippen LogP contribution in [0.2, 0.25) is 0 Å². The molecule has 1 aliphatic heterocycles. The minimum Gasteiger partial charge on any atom is -0.377 e. The fourth-order valence-corrected chi connectivity index (χ4v) is 3.33. The van der Waals surface area contributed by atoms with E-state index in [0.29, 0.717) is 30.4 Å². The smallest absolute Gasteiger partial charge is 0.293 e. The van der Waals surface area contributed by atoms with Crippen LogP contribution in [0.4, 0.5) is 11.4 Å². The van der Waals surface area contributed by atoms with Gasteiger partial charge in [0, 0.05) is 43.3 Å². The zero-order valence-electron chi connectivity index (χ0n) is 14.6. The van der Waals surface area contributed by atoms with Gasteiger partial charge in [-0.05, 0) is 37.8 Å². The van der Waals surface area contributed by atoms with Crippen LogP contribution < -0.4 is 10.6 Å². The van der Waals surface area contributed by atoms with Crippen LogP contribution in [0.5, 0.6) is 0 Å². The van der Waals surface area contributed by atoms with Crippen LogP contribution in [0.15, 0.2) is 18.2 Å². The highest BCUT2D eigenvalue weighted by Crippen LogP contribution is 2.29. The van der Waals surface area contributed by atoms with Crippen molar-refractivity contribution in [3.05, 3.63) is 33.9 Å². The van der Waals surface area contributed by atoms with Crippen molar-refractivity contribution < 1.29 is 14.5 Å². The van der Waals surface area contributed by atoms with Crippen LogP contribution in [0.1, 0.15) is 36.0 Å². The van der Waals surface area contributed by atoms with Gasteiger partial charge in [0.2, 0.25) is 0 Å². The first kappa shape index (κ1) is 17.2. The molecule has 0 radical (unpaired) electrons. The van der Waals surface area contributed by atoms with Gasteiger partial charge in [0.25, 0.3) is 11.6 Å². The maximum absolute atomic E-state index is 12.1. The van der Waals surface area contributed by atoms with Gasteiger partial charge in [0.15, 0.2) is 0 Å². The molecule has 0 aromatic heterocycles. The summed E-state index contributed by atoms with van der Waals surface area (Å²) in [4.78, 5) is 25.5. The number of hydrogen-bond acceptors (Lipinski definition) is 6. The second kappa shape index (κ2) is 7.20. The zero-order chi connectivity index (χ0) is 18.1. The van der Waals surface area contributed by atoms with Gasteiger partial charge in [0.1, 0.15) is 5.69 Å². The summed E-state index contributed by atoms with van der Waals surface area (Å²) in [5.74, 6) is -0.252. The Hall–Kier alpha value is -2.19. The lowest BCUT2D eigenvalue weighted by Crippen LogP contribution is -2.46. The number of carbonyl (C=O) groups excluding carboxylic acids is 1. The highest BCUT2D eigenvalue weighted by Gasteiger charge is 2.33. The number of nitro groups is 1. The number of benzene rings is 1. The lowest BCUT2D eigenvalue weighted by atomic mass is 10.1. The highest BCUT2D eigenvalue weighted by molar-refractivity contribution is 5.96. The summed E-state index contributed by atoms with van der Waals surface area (Å²) < 4.78 is 5.78. The van der Waals surface area contributed by atoms with Gasteiger partial charge in [-0.25, -0.2) is 0 Å². The third-order valence-corrected chi connectivity index (χ3v) is 5.12. The molecule has 1 saturated heterocycles. The number of morpholine rings is 1. The van der Waals surface area contributed by atoms with Gasteiger partial charge in [-0.2, -0.15) is 0 Å². The van der Waals surface area contributed by atoms with Crippen molar-refractivity contribution in [2.75, 3.05) is 31.6 Å². The third-order valence-electron chi connectivity index (χ3n) is 5.12. The largest absolute Gasteiger partial charge is 0.377 e. The SMILES string of the molecule is O=C(NC1CC1)c1ccc(NCC2CN(C3CC3)CCO2)c([N+](=O)[O-])c1. The molecule has 3 aliphatic rings. The van der Waals surface area contributed by atoms with Gasteiger partial charge >= 0.3 is 0 Å². The first-order chi connectivity index (χ1) is 12.6. The molecule has 4 rings (SSSR count). The van der Waals surface area contributed by atoms with Gasteiger partial charge < -0.3 is 15.4 Å². The van der Waals surface area contributed by atoms with E-state index < -0.39 is 4.92 Å². The van der Waals surface area contributed by atoms with Crippen LogP contribution >= 0.6 is 0 Å². The molecule has 2 N–H and O–H groups in total. The summed E-state index contributed by atoms with van der Waals surface area (Å²) in [5, 5.41) is 17.4. The predicted molar refractivity (Wildman–Crippen MR) is 96.4 cm³/mol. The fraction of sp³-hybridized carbons (Fsp3) is 0.611. The van der Waals surface area contributed by atoms with Crippen LogP contribution in [0, 0.1) is 10.1 Å². The average molecular weight is 360 g/mol. The quantitative estimate of drug-likeness (QED) is 0.568. The molecule has 2 saturated carbocycles. The molecule has 2 aliphatic carbocycles. The van der Waals surface area contributed by atoms with Gasteiger partial charge in [-0.1, -0.05) is 0 Å². The Morgan fingerprint density at radius 3 is 2.81 bits per heavy atom. The molecule has 1 atom stereocenters. The van der Waals surface area contributed by atoms with E-state index in [-0.39, 0.29) is 23.7 Å². The Labute approximate surface area is 152 Å². The molecule has 140 valence electrons. The van der Waals surface area contributed by atoms with E-state index >= 15 is 0 Å². The molecule has 8 heteroatoms. The Bertz CT molecular complexity index is 702. The van der Waals surface area contributed by atoms with Crippen molar-refractivity contribution in [2.24, 2.45) is 0 Å². The first-order valence-electron chi connectivity index (χ1n) is 9.29. The Balaban J connectivity index is 1.40. The number of hydrogen-bond donors (Lipinski definition) is 2. The minimum absolute atomic E-state index is 0.0156. The molecule has 1 heterocycles. The molecule has 1 aromatic rings. The van der Waals surface area contributed by atoms with E-state index in [1.807, 2.05) is 0 Å². The summed E-state index contributed by atoms with van der Waals surface area (Å²) in [6, 6.07) is 5.50. The fourth-order valence-electron chi connectivity index (χ4n) is 3.33. The molecule has 1 aromatic carbocycles. The van der Waals surface area contributed by atoms with E-state index in [1.54, 1.807) is 12.1 Å².